The van der Waals surface area contributed by atoms with E-state index >= 15 is 0 Å². The minimum Gasteiger partial charge on any atom is -0.381 e. The number of amides is 1. The first kappa shape index (κ1) is 15.3. The van der Waals surface area contributed by atoms with Gasteiger partial charge >= 0.3 is 0 Å². The molecular formula is C18H23NO3S. The molecule has 23 heavy (non-hydrogen) atoms. The fourth-order valence-electron chi connectivity index (χ4n) is 4.27. The van der Waals surface area contributed by atoms with Crippen LogP contribution in [0.3, 0.4) is 0 Å². The second kappa shape index (κ2) is 6.36. The van der Waals surface area contributed by atoms with Gasteiger partial charge in [0, 0.05) is 42.7 Å². The molecule has 0 bridgehead atoms. The Bertz CT molecular complexity index is 595. The van der Waals surface area contributed by atoms with Gasteiger partial charge in [0.15, 0.2) is 0 Å². The van der Waals surface area contributed by atoms with Crippen LogP contribution in [-0.4, -0.2) is 36.3 Å². The third-order valence-corrected chi connectivity index (χ3v) is 6.62. The first-order valence-corrected chi connectivity index (χ1v) is 9.58. The highest BCUT2D eigenvalue weighted by molar-refractivity contribution is 7.10. The van der Waals surface area contributed by atoms with Crippen LogP contribution in [-0.2, 0) is 20.7 Å². The average molecular weight is 333 g/mol. The van der Waals surface area contributed by atoms with E-state index in [1.807, 2.05) is 0 Å². The lowest BCUT2D eigenvalue weighted by Crippen LogP contribution is -2.46. The van der Waals surface area contributed by atoms with Gasteiger partial charge in [0.05, 0.1) is 12.6 Å². The Morgan fingerprint density at radius 3 is 2.78 bits per heavy atom. The standard InChI is InChI=1S/C18H23NO3S/c20-15-3-1-13(2-4-15)18(21)19-8-5-12-7-10-23-17(12)16(19)14-6-9-22-11-14/h7,10,13-14,16H,1-6,8-9,11H2. The third-order valence-electron chi connectivity index (χ3n) is 5.59. The molecule has 2 unspecified atom stereocenters. The maximum atomic E-state index is 13.1. The number of hydrogen-bond donors (Lipinski definition) is 0. The van der Waals surface area contributed by atoms with Crippen molar-refractivity contribution < 1.29 is 14.3 Å². The van der Waals surface area contributed by atoms with Crippen molar-refractivity contribution in [3.63, 3.8) is 0 Å². The van der Waals surface area contributed by atoms with Crippen LogP contribution in [0, 0.1) is 11.8 Å². The minimum absolute atomic E-state index is 0.0408. The first-order valence-electron chi connectivity index (χ1n) is 8.70. The molecule has 2 aliphatic heterocycles. The number of fused-ring (bicyclic) bond motifs is 1. The fraction of sp³-hybridized carbons (Fsp3) is 0.667. The molecule has 4 nitrogen and oxygen atoms in total. The number of carbonyl (C=O) groups excluding carboxylic acids is 2. The van der Waals surface area contributed by atoms with E-state index in [0.717, 1.165) is 45.4 Å². The van der Waals surface area contributed by atoms with E-state index in [2.05, 4.69) is 16.3 Å². The Kier molecular flexibility index (Phi) is 4.24. The van der Waals surface area contributed by atoms with Crippen LogP contribution in [0.25, 0.3) is 0 Å². The van der Waals surface area contributed by atoms with E-state index in [-0.39, 0.29) is 17.9 Å². The number of nitrogens with zero attached hydrogens (tertiary/aromatic N) is 1. The summed E-state index contributed by atoms with van der Waals surface area (Å²) >= 11 is 1.78. The number of rotatable bonds is 2. The molecule has 4 rings (SSSR count). The molecule has 1 aromatic heterocycles. The lowest BCUT2D eigenvalue weighted by Gasteiger charge is -2.41. The van der Waals surface area contributed by atoms with Crippen molar-refractivity contribution in [2.24, 2.45) is 11.8 Å². The Morgan fingerprint density at radius 2 is 2.04 bits per heavy atom. The molecule has 0 aromatic carbocycles. The molecule has 3 aliphatic rings. The van der Waals surface area contributed by atoms with Crippen LogP contribution in [0.15, 0.2) is 11.4 Å². The van der Waals surface area contributed by atoms with E-state index in [9.17, 15) is 9.59 Å². The van der Waals surface area contributed by atoms with Crippen molar-refractivity contribution in [2.75, 3.05) is 19.8 Å². The Balaban J connectivity index is 1.58. The molecular weight excluding hydrogens is 310 g/mol. The van der Waals surface area contributed by atoms with Crippen LogP contribution < -0.4 is 0 Å². The quantitative estimate of drug-likeness (QED) is 0.836. The van der Waals surface area contributed by atoms with Crippen molar-refractivity contribution in [1.82, 2.24) is 4.90 Å². The van der Waals surface area contributed by atoms with E-state index in [1.54, 1.807) is 11.3 Å². The maximum Gasteiger partial charge on any atom is 0.226 e. The van der Waals surface area contributed by atoms with Crippen LogP contribution in [0.2, 0.25) is 0 Å². The Hall–Kier alpha value is -1.20. The van der Waals surface area contributed by atoms with Gasteiger partial charge in [-0.3, -0.25) is 9.59 Å². The molecule has 1 aliphatic carbocycles. The largest absolute Gasteiger partial charge is 0.381 e. The maximum absolute atomic E-state index is 13.1. The molecule has 3 heterocycles. The second-order valence-corrected chi connectivity index (χ2v) is 7.92. The van der Waals surface area contributed by atoms with Crippen molar-refractivity contribution >= 4 is 23.0 Å². The van der Waals surface area contributed by atoms with Crippen LogP contribution in [0.5, 0.6) is 0 Å². The summed E-state index contributed by atoms with van der Waals surface area (Å²) < 4.78 is 5.61. The second-order valence-electron chi connectivity index (χ2n) is 6.97. The van der Waals surface area contributed by atoms with Crippen molar-refractivity contribution in [2.45, 2.75) is 44.6 Å². The van der Waals surface area contributed by atoms with Crippen molar-refractivity contribution in [3.8, 4) is 0 Å². The molecule has 124 valence electrons. The van der Waals surface area contributed by atoms with Gasteiger partial charge in [0.25, 0.3) is 0 Å². The fourth-order valence-corrected chi connectivity index (χ4v) is 5.43. The monoisotopic (exact) mass is 333 g/mol. The molecule has 1 saturated carbocycles. The zero-order valence-corrected chi connectivity index (χ0v) is 14.1. The van der Waals surface area contributed by atoms with E-state index in [0.29, 0.717) is 24.5 Å². The number of hydrogen-bond acceptors (Lipinski definition) is 4. The summed E-state index contributed by atoms with van der Waals surface area (Å²) in [6.07, 6.45) is 4.62. The Labute approximate surface area is 140 Å². The Morgan fingerprint density at radius 1 is 1.22 bits per heavy atom. The topological polar surface area (TPSA) is 46.6 Å². The molecule has 0 N–H and O–H groups in total. The van der Waals surface area contributed by atoms with Crippen LogP contribution in [0.4, 0.5) is 0 Å². The van der Waals surface area contributed by atoms with E-state index < -0.39 is 0 Å². The summed E-state index contributed by atoms with van der Waals surface area (Å²) in [6, 6.07) is 2.40. The zero-order chi connectivity index (χ0) is 15.8. The van der Waals surface area contributed by atoms with E-state index in [4.69, 9.17) is 4.74 Å². The van der Waals surface area contributed by atoms with Gasteiger partial charge < -0.3 is 9.64 Å². The molecule has 1 amide bonds. The van der Waals surface area contributed by atoms with Crippen LogP contribution in [0.1, 0.15) is 48.6 Å². The SMILES string of the molecule is O=C1CCC(C(=O)N2CCc3ccsc3C2C2CCOC2)CC1. The summed E-state index contributed by atoms with van der Waals surface area (Å²) in [6.45, 7) is 2.38. The van der Waals surface area contributed by atoms with Crippen LogP contribution >= 0.6 is 11.3 Å². The van der Waals surface area contributed by atoms with Gasteiger partial charge in [-0.15, -0.1) is 11.3 Å². The zero-order valence-electron chi connectivity index (χ0n) is 13.3. The molecule has 2 atom stereocenters. The normalized spacial score (nSPS) is 28.9. The first-order chi connectivity index (χ1) is 11.2. The summed E-state index contributed by atoms with van der Waals surface area (Å²) in [4.78, 5) is 28.1. The van der Waals surface area contributed by atoms with Gasteiger partial charge in [-0.25, -0.2) is 0 Å². The highest BCUT2D eigenvalue weighted by Crippen LogP contribution is 2.42. The molecule has 1 saturated heterocycles. The lowest BCUT2D eigenvalue weighted by atomic mass is 9.84. The predicted molar refractivity (Wildman–Crippen MR) is 88.4 cm³/mol. The summed E-state index contributed by atoms with van der Waals surface area (Å²) in [7, 11) is 0. The van der Waals surface area contributed by atoms with Gasteiger partial charge in [0.2, 0.25) is 5.91 Å². The van der Waals surface area contributed by atoms with Crippen molar-refractivity contribution in [1.29, 1.82) is 0 Å². The van der Waals surface area contributed by atoms with Gasteiger partial charge in [-0.2, -0.15) is 0 Å². The lowest BCUT2D eigenvalue weighted by molar-refractivity contribution is -0.141. The van der Waals surface area contributed by atoms with Gasteiger partial charge in [0.1, 0.15) is 5.78 Å². The molecule has 0 radical (unpaired) electrons. The molecule has 2 fully saturated rings. The van der Waals surface area contributed by atoms with E-state index in [1.165, 1.54) is 10.4 Å². The third kappa shape index (κ3) is 2.85. The number of ketones is 1. The van der Waals surface area contributed by atoms with Gasteiger partial charge in [-0.1, -0.05) is 0 Å². The summed E-state index contributed by atoms with van der Waals surface area (Å²) in [5.74, 6) is 1.04. The number of thiophene rings is 1. The predicted octanol–water partition coefficient (Wildman–Crippen LogP) is 2.97. The van der Waals surface area contributed by atoms with Crippen molar-refractivity contribution in [3.05, 3.63) is 21.9 Å². The van der Waals surface area contributed by atoms with Gasteiger partial charge in [-0.05, 0) is 42.7 Å². The smallest absolute Gasteiger partial charge is 0.226 e. The number of carbonyl (C=O) groups is 2. The highest BCUT2D eigenvalue weighted by atomic mass is 32.1. The molecule has 1 aromatic rings. The molecule has 0 spiro atoms. The number of Topliss-reactive ketones (excluding diaryl/α,β-unsaturated/α-hetero) is 1. The number of ether oxygens (including phenoxy) is 1. The highest BCUT2D eigenvalue weighted by Gasteiger charge is 2.41. The average Bonchev–Trinajstić information content (AvgIpc) is 3.25. The summed E-state index contributed by atoms with van der Waals surface area (Å²) in [5, 5.41) is 2.15. The minimum atomic E-state index is 0.0408. The molecule has 5 heteroatoms. The summed E-state index contributed by atoms with van der Waals surface area (Å²) in [5.41, 5.74) is 1.41.